The molecule has 2 aromatic rings. The summed E-state index contributed by atoms with van der Waals surface area (Å²) < 4.78 is 54.1. The van der Waals surface area contributed by atoms with Crippen LogP contribution in [0.5, 0.6) is 5.88 Å². The van der Waals surface area contributed by atoms with Gasteiger partial charge in [-0.05, 0) is 48.6 Å². The normalized spacial score (nSPS) is 25.4. The highest BCUT2D eigenvalue weighted by molar-refractivity contribution is 7.92. The molecule has 2 aliphatic rings. The first kappa shape index (κ1) is 22.9. The van der Waals surface area contributed by atoms with E-state index in [1.807, 2.05) is 6.07 Å². The third-order valence-corrected chi connectivity index (χ3v) is 7.91. The zero-order valence-corrected chi connectivity index (χ0v) is 19.5. The van der Waals surface area contributed by atoms with Gasteiger partial charge in [-0.3, -0.25) is 4.72 Å². The van der Waals surface area contributed by atoms with Crippen molar-refractivity contribution in [2.45, 2.75) is 68.3 Å². The molecular formula is C23H30FN3O4S. The predicted octanol–water partition coefficient (Wildman–Crippen LogP) is 3.68. The minimum Gasteiger partial charge on any atom is -0.479 e. The minimum absolute atomic E-state index is 0.0529. The van der Waals surface area contributed by atoms with Crippen LogP contribution in [0, 0.1) is 0 Å². The molecule has 1 aromatic heterocycles. The van der Waals surface area contributed by atoms with Gasteiger partial charge in [-0.15, -0.1) is 0 Å². The standard InChI is InChI=1S/C23H30FN3O4S/c1-4-17-8-5-15-11-20(22(31-3)26-21(15)14-25-17)27-32(28,29)19-9-6-16(7-10-19)23(24)12-18(13-23)30-2/h6-7,9-11,17-18,25,27H,4-5,8,12-14H2,1-3H3. The quantitative estimate of drug-likeness (QED) is 0.651. The van der Waals surface area contributed by atoms with Crippen LogP contribution in [0.25, 0.3) is 0 Å². The van der Waals surface area contributed by atoms with Crippen molar-refractivity contribution < 1.29 is 22.3 Å². The van der Waals surface area contributed by atoms with Crippen LogP contribution < -0.4 is 14.8 Å². The van der Waals surface area contributed by atoms with Crippen LogP contribution in [0.1, 0.15) is 49.4 Å². The number of rotatable bonds is 7. The van der Waals surface area contributed by atoms with Gasteiger partial charge in [-0.1, -0.05) is 19.1 Å². The first-order valence-corrected chi connectivity index (χ1v) is 12.4. The second kappa shape index (κ2) is 8.96. The highest BCUT2D eigenvalue weighted by Gasteiger charge is 2.46. The summed E-state index contributed by atoms with van der Waals surface area (Å²) in [5.41, 5.74) is 1.17. The lowest BCUT2D eigenvalue weighted by Crippen LogP contribution is -2.42. The highest BCUT2D eigenvalue weighted by atomic mass is 32.2. The molecular weight excluding hydrogens is 433 g/mol. The first-order chi connectivity index (χ1) is 15.3. The largest absolute Gasteiger partial charge is 0.479 e. The van der Waals surface area contributed by atoms with E-state index in [0.29, 0.717) is 23.8 Å². The van der Waals surface area contributed by atoms with Gasteiger partial charge in [0.15, 0.2) is 0 Å². The summed E-state index contributed by atoms with van der Waals surface area (Å²) in [6.45, 7) is 2.76. The van der Waals surface area contributed by atoms with Gasteiger partial charge in [-0.2, -0.15) is 0 Å². The van der Waals surface area contributed by atoms with Crippen molar-refractivity contribution in [3.8, 4) is 5.88 Å². The Kier molecular flexibility index (Phi) is 6.42. The number of hydrogen-bond acceptors (Lipinski definition) is 6. The van der Waals surface area contributed by atoms with Gasteiger partial charge in [0.25, 0.3) is 10.0 Å². The van der Waals surface area contributed by atoms with Gasteiger partial charge < -0.3 is 14.8 Å². The number of halogens is 1. The number of hydrogen-bond donors (Lipinski definition) is 2. The Morgan fingerprint density at radius 2 is 1.97 bits per heavy atom. The highest BCUT2D eigenvalue weighted by Crippen LogP contribution is 2.46. The molecule has 4 rings (SSSR count). The van der Waals surface area contributed by atoms with Crippen molar-refractivity contribution >= 4 is 15.7 Å². The predicted molar refractivity (Wildman–Crippen MR) is 120 cm³/mol. The van der Waals surface area contributed by atoms with Gasteiger partial charge in [0.1, 0.15) is 11.4 Å². The van der Waals surface area contributed by atoms with E-state index in [1.54, 1.807) is 7.11 Å². The van der Waals surface area contributed by atoms with Gasteiger partial charge in [0, 0.05) is 32.5 Å². The SMILES string of the molecule is CCC1CCc2cc(NS(=O)(=O)c3ccc(C4(F)CC(OC)C4)cc3)c(OC)nc2CN1. The Morgan fingerprint density at radius 3 is 2.59 bits per heavy atom. The molecule has 1 aliphatic heterocycles. The number of methoxy groups -OCH3 is 2. The molecule has 0 bridgehead atoms. The Bertz CT molecular complexity index is 1070. The van der Waals surface area contributed by atoms with E-state index in [9.17, 15) is 12.8 Å². The maximum absolute atomic E-state index is 14.9. The number of anilines is 1. The third-order valence-electron chi connectivity index (χ3n) is 6.52. The van der Waals surface area contributed by atoms with Crippen LogP contribution in [-0.2, 0) is 33.4 Å². The fraction of sp³-hybridized carbons (Fsp3) is 0.522. The summed E-state index contributed by atoms with van der Waals surface area (Å²) in [4.78, 5) is 4.60. The van der Waals surface area contributed by atoms with E-state index in [1.165, 1.54) is 31.4 Å². The molecule has 2 heterocycles. The number of aryl methyl sites for hydroxylation is 1. The van der Waals surface area contributed by atoms with Crippen molar-refractivity contribution in [1.82, 2.24) is 10.3 Å². The van der Waals surface area contributed by atoms with Gasteiger partial charge >= 0.3 is 0 Å². The third kappa shape index (κ3) is 4.46. The lowest BCUT2D eigenvalue weighted by atomic mass is 9.74. The molecule has 0 radical (unpaired) electrons. The molecule has 0 saturated heterocycles. The van der Waals surface area contributed by atoms with E-state index in [4.69, 9.17) is 9.47 Å². The minimum atomic E-state index is -3.90. The maximum Gasteiger partial charge on any atom is 0.262 e. The number of pyridine rings is 1. The van der Waals surface area contributed by atoms with E-state index >= 15 is 0 Å². The molecule has 0 amide bonds. The summed E-state index contributed by atoms with van der Waals surface area (Å²) in [5, 5.41) is 3.47. The fourth-order valence-electron chi connectivity index (χ4n) is 4.39. The van der Waals surface area contributed by atoms with Crippen molar-refractivity contribution in [2.75, 3.05) is 18.9 Å². The van der Waals surface area contributed by atoms with E-state index in [2.05, 4.69) is 21.9 Å². The molecule has 9 heteroatoms. The molecule has 1 aromatic carbocycles. The fourth-order valence-corrected chi connectivity index (χ4v) is 5.44. The van der Waals surface area contributed by atoms with E-state index in [0.717, 1.165) is 30.5 Å². The monoisotopic (exact) mass is 463 g/mol. The number of alkyl halides is 1. The smallest absolute Gasteiger partial charge is 0.262 e. The molecule has 32 heavy (non-hydrogen) atoms. The van der Waals surface area contributed by atoms with E-state index in [-0.39, 0.29) is 29.7 Å². The second-order valence-electron chi connectivity index (χ2n) is 8.54. The number of nitrogens with one attached hydrogen (secondary N) is 2. The molecule has 2 N–H and O–H groups in total. The number of fused-ring (bicyclic) bond motifs is 1. The second-order valence-corrected chi connectivity index (χ2v) is 10.2. The van der Waals surface area contributed by atoms with Gasteiger partial charge in [0.05, 0.1) is 23.8 Å². The first-order valence-electron chi connectivity index (χ1n) is 10.9. The molecule has 1 atom stereocenters. The summed E-state index contributed by atoms with van der Waals surface area (Å²) in [6.07, 6.45) is 3.25. The summed E-state index contributed by atoms with van der Waals surface area (Å²) in [7, 11) is -0.866. The average molecular weight is 464 g/mol. The van der Waals surface area contributed by atoms with Gasteiger partial charge in [0.2, 0.25) is 5.88 Å². The van der Waals surface area contributed by atoms with Crippen molar-refractivity contribution in [1.29, 1.82) is 0 Å². The van der Waals surface area contributed by atoms with Crippen LogP contribution in [0.4, 0.5) is 10.1 Å². The van der Waals surface area contributed by atoms with Crippen LogP contribution in [0.15, 0.2) is 35.2 Å². The average Bonchev–Trinajstić information content (AvgIpc) is 2.97. The van der Waals surface area contributed by atoms with Crippen LogP contribution in [-0.4, -0.2) is 39.8 Å². The van der Waals surface area contributed by atoms with Crippen molar-refractivity contribution in [3.05, 3.63) is 47.2 Å². The van der Waals surface area contributed by atoms with Crippen molar-refractivity contribution in [3.63, 3.8) is 0 Å². The molecule has 1 aliphatic carbocycles. The van der Waals surface area contributed by atoms with Crippen molar-refractivity contribution in [2.24, 2.45) is 0 Å². The summed E-state index contributed by atoms with van der Waals surface area (Å²) in [5.74, 6) is 0.225. The Morgan fingerprint density at radius 1 is 1.25 bits per heavy atom. The number of benzene rings is 1. The Hall–Kier alpha value is -2.23. The number of sulfonamides is 1. The summed E-state index contributed by atoms with van der Waals surface area (Å²) >= 11 is 0. The van der Waals surface area contributed by atoms with Gasteiger partial charge in [-0.25, -0.2) is 17.8 Å². The zero-order valence-electron chi connectivity index (χ0n) is 18.7. The topological polar surface area (TPSA) is 89.6 Å². The van der Waals surface area contributed by atoms with Crippen LogP contribution in [0.3, 0.4) is 0 Å². The zero-order chi connectivity index (χ0) is 22.9. The van der Waals surface area contributed by atoms with E-state index < -0.39 is 15.7 Å². The van der Waals surface area contributed by atoms with Crippen LogP contribution in [0.2, 0.25) is 0 Å². The molecule has 7 nitrogen and oxygen atoms in total. The molecule has 174 valence electrons. The lowest BCUT2D eigenvalue weighted by Gasteiger charge is -2.40. The Labute approximate surface area is 188 Å². The number of ether oxygens (including phenoxy) is 2. The van der Waals surface area contributed by atoms with Crippen LogP contribution >= 0.6 is 0 Å². The maximum atomic E-state index is 14.9. The lowest BCUT2D eigenvalue weighted by molar-refractivity contribution is -0.0822. The number of nitrogens with zero attached hydrogens (tertiary/aromatic N) is 1. The molecule has 1 unspecified atom stereocenters. The summed E-state index contributed by atoms with van der Waals surface area (Å²) in [6, 6.07) is 8.13. The number of aromatic nitrogens is 1. The molecule has 1 saturated carbocycles. The Balaban J connectivity index is 1.55. The molecule has 0 spiro atoms. The molecule has 1 fully saturated rings.